The van der Waals surface area contributed by atoms with Crippen molar-refractivity contribution >= 4 is 22.9 Å². The minimum atomic E-state index is -1.62. The molecular formula is C21H19F3N2OS. The van der Waals surface area contributed by atoms with Crippen molar-refractivity contribution < 1.29 is 18.0 Å². The molecule has 0 unspecified atom stereocenters. The first kappa shape index (κ1) is 20.1. The molecule has 0 saturated heterocycles. The lowest BCUT2D eigenvalue weighted by Crippen LogP contribution is -2.40. The summed E-state index contributed by atoms with van der Waals surface area (Å²) in [6, 6.07) is 12.6. The highest BCUT2D eigenvalue weighted by Gasteiger charge is 2.23. The van der Waals surface area contributed by atoms with Crippen LogP contribution < -0.4 is 10.6 Å². The van der Waals surface area contributed by atoms with Gasteiger partial charge in [0.15, 0.2) is 17.5 Å². The first-order chi connectivity index (χ1) is 13.4. The number of benzene rings is 2. The number of hydrogen-bond donors (Lipinski definition) is 2. The first-order valence-corrected chi connectivity index (χ1v) is 9.55. The molecule has 2 N–H and O–H groups in total. The van der Waals surface area contributed by atoms with E-state index in [4.69, 9.17) is 0 Å². The Labute approximate surface area is 165 Å². The quantitative estimate of drug-likeness (QED) is 0.556. The molecule has 3 rings (SSSR count). The van der Waals surface area contributed by atoms with Gasteiger partial charge >= 0.3 is 0 Å². The smallest absolute Gasteiger partial charge is 0.241 e. The van der Waals surface area contributed by atoms with Crippen molar-refractivity contribution in [1.29, 1.82) is 0 Å². The van der Waals surface area contributed by atoms with Crippen molar-refractivity contribution in [3.8, 4) is 0 Å². The maximum absolute atomic E-state index is 13.8. The van der Waals surface area contributed by atoms with Gasteiger partial charge in [-0.3, -0.25) is 10.1 Å². The van der Waals surface area contributed by atoms with Gasteiger partial charge in [0.2, 0.25) is 5.91 Å². The van der Waals surface area contributed by atoms with Crippen LogP contribution in [0, 0.1) is 24.4 Å². The summed E-state index contributed by atoms with van der Waals surface area (Å²) < 4.78 is 40.3. The number of halogens is 3. The summed E-state index contributed by atoms with van der Waals surface area (Å²) in [7, 11) is 0. The van der Waals surface area contributed by atoms with Gasteiger partial charge in [-0.2, -0.15) is 0 Å². The minimum absolute atomic E-state index is 0.240. The molecule has 1 aromatic heterocycles. The van der Waals surface area contributed by atoms with E-state index in [0.29, 0.717) is 0 Å². The molecule has 2 aromatic carbocycles. The van der Waals surface area contributed by atoms with Crippen molar-refractivity contribution in [3.63, 3.8) is 0 Å². The molecule has 3 nitrogen and oxygen atoms in total. The van der Waals surface area contributed by atoms with E-state index in [0.717, 1.165) is 28.1 Å². The van der Waals surface area contributed by atoms with Gasteiger partial charge in [0, 0.05) is 4.88 Å². The van der Waals surface area contributed by atoms with E-state index in [9.17, 15) is 18.0 Å². The van der Waals surface area contributed by atoms with Crippen LogP contribution in [0.5, 0.6) is 0 Å². The van der Waals surface area contributed by atoms with E-state index < -0.39 is 35.1 Å². The second-order valence-electron chi connectivity index (χ2n) is 6.46. The SMILES string of the molecule is Cc1ccc([C@@H](N[C@@H](C)C(=O)Nc2ccc(F)c(F)c2F)c2cccs2)cc1. The van der Waals surface area contributed by atoms with E-state index in [1.54, 1.807) is 18.3 Å². The zero-order valence-corrected chi connectivity index (χ0v) is 16.1. The lowest BCUT2D eigenvalue weighted by molar-refractivity contribution is -0.117. The average molecular weight is 404 g/mol. The fourth-order valence-electron chi connectivity index (χ4n) is 2.75. The molecule has 28 heavy (non-hydrogen) atoms. The van der Waals surface area contributed by atoms with E-state index in [1.165, 1.54) is 0 Å². The highest BCUT2D eigenvalue weighted by atomic mass is 32.1. The maximum Gasteiger partial charge on any atom is 0.241 e. The van der Waals surface area contributed by atoms with Gasteiger partial charge in [0.25, 0.3) is 0 Å². The van der Waals surface area contributed by atoms with E-state index >= 15 is 0 Å². The van der Waals surface area contributed by atoms with Gasteiger partial charge in [-0.25, -0.2) is 13.2 Å². The van der Waals surface area contributed by atoms with Gasteiger partial charge < -0.3 is 5.32 Å². The summed E-state index contributed by atoms with van der Waals surface area (Å²) in [5.74, 6) is -4.90. The number of hydrogen-bond acceptors (Lipinski definition) is 3. The van der Waals surface area contributed by atoms with Gasteiger partial charge in [0.05, 0.1) is 17.8 Å². The molecule has 0 bridgehead atoms. The van der Waals surface area contributed by atoms with Crippen LogP contribution in [0.1, 0.15) is 29.0 Å². The van der Waals surface area contributed by atoms with Crippen LogP contribution in [-0.4, -0.2) is 11.9 Å². The third-order valence-electron chi connectivity index (χ3n) is 4.34. The summed E-state index contributed by atoms with van der Waals surface area (Å²) >= 11 is 1.55. The predicted octanol–water partition coefficient (Wildman–Crippen LogP) is 5.18. The fourth-order valence-corrected chi connectivity index (χ4v) is 3.56. The highest BCUT2D eigenvalue weighted by Crippen LogP contribution is 2.27. The third-order valence-corrected chi connectivity index (χ3v) is 5.28. The first-order valence-electron chi connectivity index (χ1n) is 8.67. The van der Waals surface area contributed by atoms with E-state index in [1.807, 2.05) is 48.7 Å². The van der Waals surface area contributed by atoms with Gasteiger partial charge in [-0.05, 0) is 43.0 Å². The minimum Gasteiger partial charge on any atom is -0.322 e. The Balaban J connectivity index is 1.78. The third kappa shape index (κ3) is 4.43. The van der Waals surface area contributed by atoms with E-state index in [-0.39, 0.29) is 6.04 Å². The van der Waals surface area contributed by atoms with Crippen molar-refractivity contribution in [2.24, 2.45) is 0 Å². The van der Waals surface area contributed by atoms with Crippen LogP contribution in [0.2, 0.25) is 0 Å². The zero-order valence-electron chi connectivity index (χ0n) is 15.3. The molecular weight excluding hydrogens is 385 g/mol. The number of amides is 1. The number of aryl methyl sites for hydroxylation is 1. The summed E-state index contributed by atoms with van der Waals surface area (Å²) in [6.07, 6.45) is 0. The highest BCUT2D eigenvalue weighted by molar-refractivity contribution is 7.10. The Bertz CT molecular complexity index is 959. The number of thiophene rings is 1. The van der Waals surface area contributed by atoms with Crippen LogP contribution in [0.15, 0.2) is 53.9 Å². The Kier molecular flexibility index (Phi) is 6.16. The normalized spacial score (nSPS) is 13.2. The molecule has 7 heteroatoms. The molecule has 0 saturated carbocycles. The largest absolute Gasteiger partial charge is 0.322 e. The Morgan fingerprint density at radius 3 is 2.36 bits per heavy atom. The second kappa shape index (κ2) is 8.58. The molecule has 0 aliphatic rings. The number of nitrogens with one attached hydrogen (secondary N) is 2. The van der Waals surface area contributed by atoms with Crippen LogP contribution in [0.25, 0.3) is 0 Å². The van der Waals surface area contributed by atoms with Gasteiger partial charge in [0.1, 0.15) is 0 Å². The van der Waals surface area contributed by atoms with Crippen molar-refractivity contribution in [1.82, 2.24) is 5.32 Å². The monoisotopic (exact) mass is 404 g/mol. The summed E-state index contributed by atoms with van der Waals surface area (Å²) in [5.41, 5.74) is 1.69. The Hall–Kier alpha value is -2.64. The standard InChI is InChI=1S/C21H19F3N2OS/c1-12-5-7-14(8-6-12)20(17-4-3-11-28-17)25-13(2)21(27)26-16-10-9-15(22)18(23)19(16)24/h3-11,13,20,25H,1-2H3,(H,26,27)/t13-,20+/m0/s1. The molecule has 0 fully saturated rings. The molecule has 1 heterocycles. The number of carbonyl (C=O) groups excluding carboxylic acids is 1. The molecule has 0 radical (unpaired) electrons. The van der Waals surface area contributed by atoms with Crippen LogP contribution in [-0.2, 0) is 4.79 Å². The van der Waals surface area contributed by atoms with Gasteiger partial charge in [-0.15, -0.1) is 11.3 Å². The predicted molar refractivity (Wildman–Crippen MR) is 105 cm³/mol. The van der Waals surface area contributed by atoms with Crippen LogP contribution in [0.3, 0.4) is 0 Å². The molecule has 1 amide bonds. The molecule has 0 aliphatic carbocycles. The Morgan fingerprint density at radius 1 is 1.00 bits per heavy atom. The van der Waals surface area contributed by atoms with Gasteiger partial charge in [-0.1, -0.05) is 35.9 Å². The van der Waals surface area contributed by atoms with Crippen LogP contribution >= 0.6 is 11.3 Å². The molecule has 2 atom stereocenters. The van der Waals surface area contributed by atoms with E-state index in [2.05, 4.69) is 10.6 Å². The lowest BCUT2D eigenvalue weighted by Gasteiger charge is -2.23. The topological polar surface area (TPSA) is 41.1 Å². The molecule has 0 aliphatic heterocycles. The zero-order chi connectivity index (χ0) is 20.3. The summed E-state index contributed by atoms with van der Waals surface area (Å²) in [4.78, 5) is 13.5. The van der Waals surface area contributed by atoms with Crippen LogP contribution in [0.4, 0.5) is 18.9 Å². The number of rotatable bonds is 6. The lowest BCUT2D eigenvalue weighted by atomic mass is 10.0. The fraction of sp³-hybridized carbons (Fsp3) is 0.190. The molecule has 0 spiro atoms. The van der Waals surface area contributed by atoms with Crippen molar-refractivity contribution in [2.45, 2.75) is 25.9 Å². The average Bonchev–Trinajstić information content (AvgIpc) is 3.21. The Morgan fingerprint density at radius 2 is 1.71 bits per heavy atom. The summed E-state index contributed by atoms with van der Waals surface area (Å²) in [5, 5.41) is 7.48. The number of carbonyl (C=O) groups is 1. The molecule has 3 aromatic rings. The van der Waals surface area contributed by atoms with Crippen molar-refractivity contribution in [3.05, 3.63) is 87.4 Å². The second-order valence-corrected chi connectivity index (χ2v) is 7.44. The van der Waals surface area contributed by atoms with Crippen molar-refractivity contribution in [2.75, 3.05) is 5.32 Å². The number of anilines is 1. The summed E-state index contributed by atoms with van der Waals surface area (Å²) in [6.45, 7) is 3.62. The maximum atomic E-state index is 13.8. The molecule has 146 valence electrons.